The Kier molecular flexibility index (Phi) is 3.68. The van der Waals surface area contributed by atoms with E-state index >= 15 is 0 Å². The summed E-state index contributed by atoms with van der Waals surface area (Å²) < 4.78 is 7.08. The first-order chi connectivity index (χ1) is 12.0. The van der Waals surface area contributed by atoms with E-state index in [1.807, 2.05) is 13.0 Å². The molecular formula is C17H17ClN4O3. The molecule has 8 heteroatoms. The predicted molar refractivity (Wildman–Crippen MR) is 93.3 cm³/mol. The third-order valence-corrected chi connectivity index (χ3v) is 5.04. The van der Waals surface area contributed by atoms with Gasteiger partial charge in [-0.25, -0.2) is 0 Å². The molecule has 0 radical (unpaired) electrons. The third kappa shape index (κ3) is 2.55. The average Bonchev–Trinajstić information content (AvgIpc) is 2.87. The molecule has 0 saturated heterocycles. The summed E-state index contributed by atoms with van der Waals surface area (Å²) in [6, 6.07) is 3.61. The molecule has 7 nitrogen and oxygen atoms in total. The number of hydrogen-bond donors (Lipinski definition) is 2. The van der Waals surface area contributed by atoms with Crippen LogP contribution < -0.4 is 15.4 Å². The number of aromatic nitrogens is 2. The molecule has 25 heavy (non-hydrogen) atoms. The molecule has 4 rings (SSSR count). The maximum Gasteiger partial charge on any atom is 0.262 e. The molecule has 2 amide bonds. The van der Waals surface area contributed by atoms with E-state index in [9.17, 15) is 9.59 Å². The van der Waals surface area contributed by atoms with Gasteiger partial charge in [0.1, 0.15) is 10.9 Å². The number of fused-ring (bicyclic) bond motifs is 2. The van der Waals surface area contributed by atoms with Crippen LogP contribution in [-0.2, 0) is 23.1 Å². The van der Waals surface area contributed by atoms with E-state index in [1.54, 1.807) is 17.8 Å². The number of anilines is 2. The Balaban J connectivity index is 1.89. The normalized spacial score (nSPS) is 18.8. The van der Waals surface area contributed by atoms with Crippen molar-refractivity contribution >= 4 is 34.8 Å². The van der Waals surface area contributed by atoms with Crippen LogP contribution in [0.1, 0.15) is 36.1 Å². The Morgan fingerprint density at radius 2 is 2.04 bits per heavy atom. The van der Waals surface area contributed by atoms with Crippen LogP contribution in [0.4, 0.5) is 11.4 Å². The zero-order chi connectivity index (χ0) is 17.7. The largest absolute Gasteiger partial charge is 0.482 e. The maximum atomic E-state index is 12.3. The van der Waals surface area contributed by atoms with Crippen molar-refractivity contribution in [2.45, 2.75) is 25.7 Å². The molecule has 0 bridgehead atoms. The molecule has 2 N–H and O–H groups in total. The number of aryl methyl sites for hydroxylation is 2. The summed E-state index contributed by atoms with van der Waals surface area (Å²) in [5.41, 5.74) is 3.92. The van der Waals surface area contributed by atoms with Gasteiger partial charge in [-0.15, -0.1) is 0 Å². The monoisotopic (exact) mass is 360 g/mol. The number of halogens is 1. The maximum absolute atomic E-state index is 12.3. The Hall–Kier alpha value is -2.54. The van der Waals surface area contributed by atoms with E-state index in [0.717, 1.165) is 16.8 Å². The Morgan fingerprint density at radius 1 is 1.28 bits per heavy atom. The van der Waals surface area contributed by atoms with Crippen molar-refractivity contribution in [3.8, 4) is 5.75 Å². The third-order valence-electron chi connectivity index (χ3n) is 4.59. The fourth-order valence-electron chi connectivity index (χ4n) is 3.47. The van der Waals surface area contributed by atoms with Crippen molar-refractivity contribution in [3.63, 3.8) is 0 Å². The number of carbonyl (C=O) groups excluding carboxylic acids is 2. The fraction of sp³-hybridized carbons (Fsp3) is 0.353. The van der Waals surface area contributed by atoms with E-state index < -0.39 is 0 Å². The summed E-state index contributed by atoms with van der Waals surface area (Å²) in [5, 5.41) is 10.7. The highest BCUT2D eigenvalue weighted by Crippen LogP contribution is 2.45. The molecule has 2 aliphatic heterocycles. The minimum absolute atomic E-state index is 0.0302. The van der Waals surface area contributed by atoms with Crippen LogP contribution in [0.2, 0.25) is 5.15 Å². The Morgan fingerprint density at radius 3 is 2.80 bits per heavy atom. The summed E-state index contributed by atoms with van der Waals surface area (Å²) in [6.45, 7) is 1.98. The summed E-state index contributed by atoms with van der Waals surface area (Å²) in [4.78, 5) is 23.9. The van der Waals surface area contributed by atoms with Crippen LogP contribution in [0.15, 0.2) is 12.1 Å². The second-order valence-electron chi connectivity index (χ2n) is 6.21. The second-order valence-corrected chi connectivity index (χ2v) is 6.56. The van der Waals surface area contributed by atoms with Gasteiger partial charge in [-0.2, -0.15) is 5.10 Å². The number of benzene rings is 1. The molecule has 2 aromatic rings. The van der Waals surface area contributed by atoms with Crippen LogP contribution in [-0.4, -0.2) is 28.2 Å². The number of nitrogens with zero attached hydrogens (tertiary/aromatic N) is 2. The topological polar surface area (TPSA) is 85.3 Å². The molecule has 0 aliphatic carbocycles. The van der Waals surface area contributed by atoms with Gasteiger partial charge in [0, 0.05) is 36.7 Å². The van der Waals surface area contributed by atoms with E-state index in [1.165, 1.54) is 0 Å². The van der Waals surface area contributed by atoms with E-state index in [4.69, 9.17) is 16.3 Å². The molecule has 2 aliphatic rings. The van der Waals surface area contributed by atoms with Crippen molar-refractivity contribution in [2.75, 3.05) is 17.2 Å². The average molecular weight is 361 g/mol. The first kappa shape index (κ1) is 16.0. The van der Waals surface area contributed by atoms with Crippen molar-refractivity contribution in [1.29, 1.82) is 0 Å². The molecule has 1 aromatic carbocycles. The molecule has 0 spiro atoms. The van der Waals surface area contributed by atoms with Crippen molar-refractivity contribution in [1.82, 2.24) is 9.78 Å². The Bertz CT molecular complexity index is 906. The minimum atomic E-state index is -0.218. The lowest BCUT2D eigenvalue weighted by Crippen LogP contribution is -2.28. The van der Waals surface area contributed by atoms with Gasteiger partial charge in [0.05, 0.1) is 11.4 Å². The highest BCUT2D eigenvalue weighted by atomic mass is 35.5. The molecule has 3 heterocycles. The number of hydrogen-bond acceptors (Lipinski definition) is 4. The number of carbonyl (C=O) groups is 2. The quantitative estimate of drug-likeness (QED) is 0.861. The first-order valence-corrected chi connectivity index (χ1v) is 8.47. The lowest BCUT2D eigenvalue weighted by molar-refractivity contribution is -0.119. The molecule has 1 aromatic heterocycles. The van der Waals surface area contributed by atoms with Crippen molar-refractivity contribution in [3.05, 3.63) is 34.1 Å². The standard InChI is InChI=1S/C17H17ClN4O3/c1-3-10-16(17(18)22(2)21-10)9-5-14(23)19-11-6-13-12(4-8(9)11)20-15(24)7-25-13/h4,6,9H,3,5,7H2,1-2H3,(H,19,23)(H,20,24)/t9-/m0/s1. The van der Waals surface area contributed by atoms with Gasteiger partial charge in [-0.1, -0.05) is 18.5 Å². The lowest BCUT2D eigenvalue weighted by atomic mass is 9.84. The van der Waals surface area contributed by atoms with Crippen LogP contribution in [0, 0.1) is 0 Å². The summed E-state index contributed by atoms with van der Waals surface area (Å²) in [7, 11) is 1.79. The van der Waals surface area contributed by atoms with Gasteiger partial charge in [0.2, 0.25) is 5.91 Å². The van der Waals surface area contributed by atoms with Crippen LogP contribution in [0.25, 0.3) is 0 Å². The first-order valence-electron chi connectivity index (χ1n) is 8.09. The number of rotatable bonds is 2. The van der Waals surface area contributed by atoms with Gasteiger partial charge >= 0.3 is 0 Å². The molecule has 130 valence electrons. The molecule has 0 unspecified atom stereocenters. The van der Waals surface area contributed by atoms with E-state index in [0.29, 0.717) is 28.7 Å². The van der Waals surface area contributed by atoms with Crippen molar-refractivity contribution < 1.29 is 14.3 Å². The van der Waals surface area contributed by atoms with Crippen LogP contribution in [0.5, 0.6) is 5.75 Å². The summed E-state index contributed by atoms with van der Waals surface area (Å²) in [6.07, 6.45) is 0.993. The van der Waals surface area contributed by atoms with E-state index in [-0.39, 0.29) is 30.8 Å². The molecule has 0 saturated carbocycles. The van der Waals surface area contributed by atoms with Gasteiger partial charge in [0.15, 0.2) is 6.61 Å². The van der Waals surface area contributed by atoms with Crippen LogP contribution in [0.3, 0.4) is 0 Å². The minimum Gasteiger partial charge on any atom is -0.482 e. The van der Waals surface area contributed by atoms with Crippen molar-refractivity contribution in [2.24, 2.45) is 7.05 Å². The highest BCUT2D eigenvalue weighted by Gasteiger charge is 2.33. The van der Waals surface area contributed by atoms with Crippen LogP contribution >= 0.6 is 11.6 Å². The lowest BCUT2D eigenvalue weighted by Gasteiger charge is -2.29. The second kappa shape index (κ2) is 5.77. The molecular weight excluding hydrogens is 344 g/mol. The zero-order valence-corrected chi connectivity index (χ0v) is 14.6. The highest BCUT2D eigenvalue weighted by molar-refractivity contribution is 6.30. The summed E-state index contributed by atoms with van der Waals surface area (Å²) in [5.74, 6) is 0.0492. The van der Waals surface area contributed by atoms with Gasteiger partial charge in [-0.05, 0) is 18.1 Å². The van der Waals surface area contributed by atoms with E-state index in [2.05, 4.69) is 15.7 Å². The predicted octanol–water partition coefficient (Wildman–Crippen LogP) is 2.44. The molecule has 1 atom stereocenters. The summed E-state index contributed by atoms with van der Waals surface area (Å²) >= 11 is 6.48. The zero-order valence-electron chi connectivity index (χ0n) is 13.9. The smallest absolute Gasteiger partial charge is 0.262 e. The van der Waals surface area contributed by atoms with Gasteiger partial charge in [-0.3, -0.25) is 14.3 Å². The van der Waals surface area contributed by atoms with Gasteiger partial charge in [0.25, 0.3) is 5.91 Å². The number of amides is 2. The Labute approximate surface area is 149 Å². The van der Waals surface area contributed by atoms with Gasteiger partial charge < -0.3 is 15.4 Å². The fourth-order valence-corrected chi connectivity index (χ4v) is 3.75. The SMILES string of the molecule is CCc1nn(C)c(Cl)c1[C@H]1CC(=O)Nc2cc3c(cc21)NC(=O)CO3. The number of ether oxygens (including phenoxy) is 1. The number of nitrogens with one attached hydrogen (secondary N) is 2. The molecule has 0 fully saturated rings.